The fraction of sp³-hybridized carbons (Fsp3) is 0.692. The third-order valence-electron chi connectivity index (χ3n) is 3.24. The van der Waals surface area contributed by atoms with Crippen LogP contribution >= 0.6 is 0 Å². The number of urea groups is 1. The van der Waals surface area contributed by atoms with E-state index in [0.717, 1.165) is 31.7 Å². The van der Waals surface area contributed by atoms with Crippen LogP contribution in [0, 0.1) is 6.92 Å². The highest BCUT2D eigenvalue weighted by atomic mass is 16.4. The molecule has 5 heteroatoms. The zero-order valence-electron chi connectivity index (χ0n) is 11.1. The molecule has 100 valence electrons. The number of hydrogen-bond donors (Lipinski definition) is 1. The molecule has 1 aliphatic heterocycles. The quantitative estimate of drug-likeness (QED) is 0.879. The number of aromatic nitrogens is 1. The van der Waals surface area contributed by atoms with Crippen molar-refractivity contribution in [1.82, 2.24) is 15.2 Å². The van der Waals surface area contributed by atoms with Crippen molar-refractivity contribution < 1.29 is 9.21 Å². The van der Waals surface area contributed by atoms with E-state index in [0.29, 0.717) is 5.89 Å². The number of amides is 2. The first-order valence-corrected chi connectivity index (χ1v) is 6.64. The van der Waals surface area contributed by atoms with Crippen LogP contribution in [0.4, 0.5) is 4.79 Å². The average Bonchev–Trinajstić information content (AvgIpc) is 2.63. The summed E-state index contributed by atoms with van der Waals surface area (Å²) in [5.41, 5.74) is 0. The van der Waals surface area contributed by atoms with Gasteiger partial charge in [0.05, 0.1) is 6.20 Å². The summed E-state index contributed by atoms with van der Waals surface area (Å²) in [4.78, 5) is 18.1. The molecule has 1 aromatic rings. The molecular weight excluding hydrogens is 230 g/mol. The SMILES string of the molecule is Cc1cnc(C(C)NC(=O)N2CCCCCC2)o1. The maximum atomic E-state index is 12.1. The normalized spacial score (nSPS) is 18.2. The predicted octanol–water partition coefficient (Wildman–Crippen LogP) is 2.63. The van der Waals surface area contributed by atoms with Crippen molar-refractivity contribution in [3.8, 4) is 0 Å². The van der Waals surface area contributed by atoms with Crippen LogP contribution < -0.4 is 5.32 Å². The van der Waals surface area contributed by atoms with Gasteiger partial charge in [-0.2, -0.15) is 0 Å². The van der Waals surface area contributed by atoms with E-state index in [-0.39, 0.29) is 12.1 Å². The molecular formula is C13H21N3O2. The van der Waals surface area contributed by atoms with Gasteiger partial charge in [0.15, 0.2) is 0 Å². The Bertz CT molecular complexity index is 395. The first-order valence-electron chi connectivity index (χ1n) is 6.64. The van der Waals surface area contributed by atoms with E-state index in [1.807, 2.05) is 18.7 Å². The number of carbonyl (C=O) groups is 1. The molecule has 2 rings (SSSR count). The Morgan fingerprint density at radius 3 is 2.61 bits per heavy atom. The Morgan fingerprint density at radius 1 is 1.39 bits per heavy atom. The molecule has 18 heavy (non-hydrogen) atoms. The topological polar surface area (TPSA) is 58.4 Å². The third-order valence-corrected chi connectivity index (χ3v) is 3.24. The number of nitrogens with zero attached hydrogens (tertiary/aromatic N) is 2. The van der Waals surface area contributed by atoms with Crippen LogP contribution in [0.1, 0.15) is 50.3 Å². The third kappa shape index (κ3) is 3.24. The molecule has 1 aromatic heterocycles. The number of oxazole rings is 1. The molecule has 1 aliphatic rings. The van der Waals surface area contributed by atoms with Gasteiger partial charge >= 0.3 is 6.03 Å². The Morgan fingerprint density at radius 2 is 2.06 bits per heavy atom. The highest BCUT2D eigenvalue weighted by molar-refractivity contribution is 5.74. The summed E-state index contributed by atoms with van der Waals surface area (Å²) in [7, 11) is 0. The summed E-state index contributed by atoms with van der Waals surface area (Å²) in [6.07, 6.45) is 6.31. The zero-order chi connectivity index (χ0) is 13.0. The Kier molecular flexibility index (Phi) is 4.23. The van der Waals surface area contributed by atoms with Crippen LogP contribution in [-0.2, 0) is 0 Å². The minimum Gasteiger partial charge on any atom is -0.444 e. The average molecular weight is 251 g/mol. The molecule has 2 amide bonds. The first-order chi connectivity index (χ1) is 8.66. The smallest absolute Gasteiger partial charge is 0.318 e. The minimum atomic E-state index is -0.186. The van der Waals surface area contributed by atoms with Crippen molar-refractivity contribution in [1.29, 1.82) is 0 Å². The molecule has 0 aromatic carbocycles. The lowest BCUT2D eigenvalue weighted by Gasteiger charge is -2.22. The molecule has 0 bridgehead atoms. The monoisotopic (exact) mass is 251 g/mol. The van der Waals surface area contributed by atoms with Crippen molar-refractivity contribution in [2.75, 3.05) is 13.1 Å². The number of rotatable bonds is 2. The van der Waals surface area contributed by atoms with Gasteiger partial charge in [-0.1, -0.05) is 12.8 Å². The molecule has 0 aliphatic carbocycles. The maximum Gasteiger partial charge on any atom is 0.318 e. The van der Waals surface area contributed by atoms with Crippen LogP contribution in [0.15, 0.2) is 10.6 Å². The molecule has 0 radical (unpaired) electrons. The second-order valence-electron chi connectivity index (χ2n) is 4.88. The summed E-state index contributed by atoms with van der Waals surface area (Å²) in [6, 6.07) is -0.199. The lowest BCUT2D eigenvalue weighted by atomic mass is 10.2. The van der Waals surface area contributed by atoms with E-state index in [9.17, 15) is 4.79 Å². The Hall–Kier alpha value is -1.52. The fourth-order valence-electron chi connectivity index (χ4n) is 2.18. The van der Waals surface area contributed by atoms with Gasteiger partial charge in [0.2, 0.25) is 5.89 Å². The van der Waals surface area contributed by atoms with Crippen molar-refractivity contribution in [3.63, 3.8) is 0 Å². The van der Waals surface area contributed by atoms with Gasteiger partial charge in [-0.3, -0.25) is 0 Å². The van der Waals surface area contributed by atoms with Crippen LogP contribution in [0.5, 0.6) is 0 Å². The Balaban J connectivity index is 1.89. The van der Waals surface area contributed by atoms with E-state index < -0.39 is 0 Å². The van der Waals surface area contributed by atoms with Crippen LogP contribution in [0.25, 0.3) is 0 Å². The van der Waals surface area contributed by atoms with Crippen LogP contribution in [0.2, 0.25) is 0 Å². The standard InChI is InChI=1S/C13H21N3O2/c1-10-9-14-12(18-10)11(2)15-13(17)16-7-5-3-4-6-8-16/h9,11H,3-8H2,1-2H3,(H,15,17). The van der Waals surface area contributed by atoms with Gasteiger partial charge in [-0.25, -0.2) is 9.78 Å². The second-order valence-corrected chi connectivity index (χ2v) is 4.88. The fourth-order valence-corrected chi connectivity index (χ4v) is 2.18. The van der Waals surface area contributed by atoms with Crippen LogP contribution in [-0.4, -0.2) is 29.0 Å². The molecule has 1 saturated heterocycles. The number of hydrogen-bond acceptors (Lipinski definition) is 3. The van der Waals surface area contributed by atoms with E-state index in [1.165, 1.54) is 12.8 Å². The van der Waals surface area contributed by atoms with Gasteiger partial charge in [0.1, 0.15) is 11.8 Å². The number of likely N-dealkylation sites (tertiary alicyclic amines) is 1. The summed E-state index contributed by atoms with van der Waals surface area (Å²) in [6.45, 7) is 5.44. The molecule has 0 spiro atoms. The summed E-state index contributed by atoms with van der Waals surface area (Å²) in [5.74, 6) is 1.33. The van der Waals surface area contributed by atoms with E-state index in [1.54, 1.807) is 6.20 Å². The highest BCUT2D eigenvalue weighted by Gasteiger charge is 2.19. The van der Waals surface area contributed by atoms with Gasteiger partial charge in [0, 0.05) is 13.1 Å². The number of nitrogens with one attached hydrogen (secondary N) is 1. The van der Waals surface area contributed by atoms with E-state index in [4.69, 9.17) is 4.42 Å². The van der Waals surface area contributed by atoms with Crippen molar-refractivity contribution in [2.45, 2.75) is 45.6 Å². The second kappa shape index (κ2) is 5.89. The molecule has 5 nitrogen and oxygen atoms in total. The van der Waals surface area contributed by atoms with Crippen molar-refractivity contribution >= 4 is 6.03 Å². The zero-order valence-corrected chi connectivity index (χ0v) is 11.1. The highest BCUT2D eigenvalue weighted by Crippen LogP contribution is 2.14. The minimum absolute atomic E-state index is 0.0137. The van der Waals surface area contributed by atoms with Gasteiger partial charge in [-0.05, 0) is 26.7 Å². The molecule has 1 unspecified atom stereocenters. The Labute approximate surface area is 108 Å². The van der Waals surface area contributed by atoms with E-state index in [2.05, 4.69) is 10.3 Å². The maximum absolute atomic E-state index is 12.1. The first kappa shape index (κ1) is 12.9. The van der Waals surface area contributed by atoms with E-state index >= 15 is 0 Å². The number of aryl methyl sites for hydroxylation is 1. The molecule has 0 saturated carbocycles. The largest absolute Gasteiger partial charge is 0.444 e. The summed E-state index contributed by atoms with van der Waals surface area (Å²) >= 11 is 0. The molecule has 2 heterocycles. The van der Waals surface area contributed by atoms with Gasteiger partial charge < -0.3 is 14.6 Å². The van der Waals surface area contributed by atoms with Crippen molar-refractivity contribution in [3.05, 3.63) is 17.8 Å². The predicted molar refractivity (Wildman–Crippen MR) is 68.2 cm³/mol. The summed E-state index contributed by atoms with van der Waals surface area (Å²) < 4.78 is 5.41. The number of carbonyl (C=O) groups excluding carboxylic acids is 1. The van der Waals surface area contributed by atoms with Crippen LogP contribution in [0.3, 0.4) is 0 Å². The lowest BCUT2D eigenvalue weighted by Crippen LogP contribution is -2.41. The molecule has 1 N–H and O–H groups in total. The summed E-state index contributed by atoms with van der Waals surface area (Å²) in [5, 5.41) is 2.94. The molecule has 1 atom stereocenters. The van der Waals surface area contributed by atoms with Gasteiger partial charge in [0.25, 0.3) is 0 Å². The molecule has 1 fully saturated rings. The lowest BCUT2D eigenvalue weighted by molar-refractivity contribution is 0.194. The van der Waals surface area contributed by atoms with Crippen molar-refractivity contribution in [2.24, 2.45) is 0 Å². The van der Waals surface area contributed by atoms with Gasteiger partial charge in [-0.15, -0.1) is 0 Å².